The number of benzene rings is 1. The van der Waals surface area contributed by atoms with E-state index in [0.717, 1.165) is 11.2 Å². The fraction of sp³-hybridized carbons (Fsp3) is 0.429. The minimum atomic E-state index is -0.0740. The molecule has 0 bridgehead atoms. The molecule has 0 saturated heterocycles. The van der Waals surface area contributed by atoms with Crippen molar-refractivity contribution in [3.05, 3.63) is 30.0 Å². The Bertz CT molecular complexity index is 590. The number of nitrogens with one attached hydrogen (secondary N) is 2. The second-order valence-electron chi connectivity index (χ2n) is 4.89. The molecule has 2 rings (SSSR count). The zero-order valence-electron chi connectivity index (χ0n) is 12.2. The van der Waals surface area contributed by atoms with Crippen molar-refractivity contribution in [3.8, 4) is 0 Å². The molecule has 2 amide bonds. The third-order valence-corrected chi connectivity index (χ3v) is 3.11. The normalized spacial score (nSPS) is 10.8. The molecule has 0 fully saturated rings. The first-order valence-corrected chi connectivity index (χ1v) is 6.66. The number of rotatable bonds is 5. The van der Waals surface area contributed by atoms with E-state index in [4.69, 9.17) is 0 Å². The van der Waals surface area contributed by atoms with Crippen LogP contribution in [0.4, 0.5) is 4.79 Å². The van der Waals surface area contributed by atoms with E-state index in [2.05, 4.69) is 27.9 Å². The van der Waals surface area contributed by atoms with Gasteiger partial charge in [0.05, 0.1) is 11.2 Å². The van der Waals surface area contributed by atoms with E-state index in [1.54, 1.807) is 14.1 Å². The summed E-state index contributed by atoms with van der Waals surface area (Å²) in [7, 11) is 5.40. The third-order valence-electron chi connectivity index (χ3n) is 3.11. The van der Waals surface area contributed by atoms with Crippen LogP contribution in [-0.2, 0) is 13.6 Å². The number of carbonyl (C=O) groups excluding carboxylic acids is 1. The second-order valence-corrected chi connectivity index (χ2v) is 4.89. The smallest absolute Gasteiger partial charge is 0.316 e. The van der Waals surface area contributed by atoms with Gasteiger partial charge in [-0.25, -0.2) is 4.79 Å². The topological polar surface area (TPSA) is 62.2 Å². The lowest BCUT2D eigenvalue weighted by Gasteiger charge is -2.11. The van der Waals surface area contributed by atoms with Crippen molar-refractivity contribution in [2.24, 2.45) is 7.05 Å². The molecule has 2 N–H and O–H groups in total. The maximum absolute atomic E-state index is 11.3. The number of aryl methyl sites for hydroxylation is 1. The first kappa shape index (κ1) is 14.3. The van der Waals surface area contributed by atoms with Gasteiger partial charge in [-0.2, -0.15) is 5.10 Å². The van der Waals surface area contributed by atoms with Crippen molar-refractivity contribution in [1.29, 1.82) is 0 Å². The third kappa shape index (κ3) is 3.27. The fourth-order valence-electron chi connectivity index (χ4n) is 2.04. The van der Waals surface area contributed by atoms with E-state index in [-0.39, 0.29) is 6.03 Å². The Labute approximate surface area is 118 Å². The van der Waals surface area contributed by atoms with Crippen LogP contribution in [0.5, 0.6) is 0 Å². The van der Waals surface area contributed by atoms with E-state index >= 15 is 0 Å². The van der Waals surface area contributed by atoms with E-state index in [0.29, 0.717) is 19.6 Å². The lowest BCUT2D eigenvalue weighted by molar-refractivity contribution is 0.217. The van der Waals surface area contributed by atoms with Crippen LogP contribution in [0.3, 0.4) is 0 Å². The van der Waals surface area contributed by atoms with Crippen molar-refractivity contribution < 1.29 is 4.79 Å². The summed E-state index contributed by atoms with van der Waals surface area (Å²) < 4.78 is 1.89. The van der Waals surface area contributed by atoms with Crippen LogP contribution in [0, 0.1) is 0 Å². The lowest BCUT2D eigenvalue weighted by atomic mass is 10.2. The number of amides is 2. The van der Waals surface area contributed by atoms with Crippen LogP contribution in [-0.4, -0.2) is 47.9 Å². The molecule has 1 aromatic heterocycles. The SMILES string of the molecule is CN(C)C(=O)NCCNCc1nn(C)c2ccccc12. The van der Waals surface area contributed by atoms with Crippen LogP contribution in [0.1, 0.15) is 5.69 Å². The summed E-state index contributed by atoms with van der Waals surface area (Å²) in [5.74, 6) is 0. The van der Waals surface area contributed by atoms with Crippen molar-refractivity contribution in [3.63, 3.8) is 0 Å². The Hall–Kier alpha value is -2.08. The largest absolute Gasteiger partial charge is 0.337 e. The molecule has 1 aromatic carbocycles. The predicted octanol–water partition coefficient (Wildman–Crippen LogP) is 0.934. The van der Waals surface area contributed by atoms with Gasteiger partial charge in [-0.15, -0.1) is 0 Å². The maximum Gasteiger partial charge on any atom is 0.316 e. The highest BCUT2D eigenvalue weighted by Crippen LogP contribution is 2.16. The zero-order valence-corrected chi connectivity index (χ0v) is 12.2. The number of hydrogen-bond acceptors (Lipinski definition) is 3. The summed E-state index contributed by atoms with van der Waals surface area (Å²) in [4.78, 5) is 12.8. The van der Waals surface area contributed by atoms with Gasteiger partial charge in [-0.1, -0.05) is 18.2 Å². The summed E-state index contributed by atoms with van der Waals surface area (Å²) in [6.07, 6.45) is 0. The van der Waals surface area contributed by atoms with Crippen molar-refractivity contribution in [1.82, 2.24) is 25.3 Å². The van der Waals surface area contributed by atoms with Crippen LogP contribution in [0.2, 0.25) is 0 Å². The molecule has 0 spiro atoms. The Morgan fingerprint density at radius 2 is 2.05 bits per heavy atom. The number of fused-ring (bicyclic) bond motifs is 1. The average Bonchev–Trinajstić information content (AvgIpc) is 2.75. The highest BCUT2D eigenvalue weighted by molar-refractivity contribution is 5.81. The molecule has 0 unspecified atom stereocenters. The maximum atomic E-state index is 11.3. The molecule has 1 heterocycles. The molecule has 6 nitrogen and oxygen atoms in total. The highest BCUT2D eigenvalue weighted by Gasteiger charge is 2.07. The predicted molar refractivity (Wildman–Crippen MR) is 79.5 cm³/mol. The van der Waals surface area contributed by atoms with Crippen molar-refractivity contribution in [2.75, 3.05) is 27.2 Å². The molecule has 0 radical (unpaired) electrons. The number of carbonyl (C=O) groups is 1. The number of para-hydroxylation sites is 1. The Balaban J connectivity index is 1.83. The van der Waals surface area contributed by atoms with Crippen LogP contribution in [0.25, 0.3) is 10.9 Å². The number of hydrogen-bond donors (Lipinski definition) is 2. The molecule has 6 heteroatoms. The molecular weight excluding hydrogens is 254 g/mol. The van der Waals surface area contributed by atoms with Crippen LogP contribution >= 0.6 is 0 Å². The van der Waals surface area contributed by atoms with E-state index in [9.17, 15) is 4.79 Å². The van der Waals surface area contributed by atoms with Crippen LogP contribution in [0.15, 0.2) is 24.3 Å². The molecule has 0 aliphatic rings. The number of urea groups is 1. The number of nitrogens with zero attached hydrogens (tertiary/aromatic N) is 3. The van der Waals surface area contributed by atoms with Gasteiger partial charge < -0.3 is 15.5 Å². The average molecular weight is 275 g/mol. The van der Waals surface area contributed by atoms with Gasteiger partial charge in [0.2, 0.25) is 0 Å². The zero-order chi connectivity index (χ0) is 14.5. The van der Waals surface area contributed by atoms with Gasteiger partial charge >= 0.3 is 6.03 Å². The molecule has 0 saturated carbocycles. The van der Waals surface area contributed by atoms with Crippen LogP contribution < -0.4 is 10.6 Å². The van der Waals surface area contributed by atoms with Gasteiger partial charge in [0.1, 0.15) is 0 Å². The molecule has 0 aliphatic carbocycles. The Morgan fingerprint density at radius 3 is 2.80 bits per heavy atom. The monoisotopic (exact) mass is 275 g/mol. The summed E-state index contributed by atoms with van der Waals surface area (Å²) >= 11 is 0. The van der Waals surface area contributed by atoms with Crippen molar-refractivity contribution in [2.45, 2.75) is 6.54 Å². The first-order chi connectivity index (χ1) is 9.59. The number of aromatic nitrogens is 2. The van der Waals surface area contributed by atoms with Gasteiger partial charge in [0.15, 0.2) is 0 Å². The van der Waals surface area contributed by atoms with E-state index in [1.807, 2.05) is 23.9 Å². The standard InChI is InChI=1S/C14H21N5O/c1-18(2)14(20)16-9-8-15-10-12-11-6-4-5-7-13(11)19(3)17-12/h4-7,15H,8-10H2,1-3H3,(H,16,20). The lowest BCUT2D eigenvalue weighted by Crippen LogP contribution is -2.38. The molecular formula is C14H21N5O. The van der Waals surface area contributed by atoms with Gasteiger partial charge in [0.25, 0.3) is 0 Å². The molecule has 108 valence electrons. The minimum Gasteiger partial charge on any atom is -0.337 e. The summed E-state index contributed by atoms with van der Waals surface area (Å²) in [5, 5.41) is 11.8. The fourth-order valence-corrected chi connectivity index (χ4v) is 2.04. The highest BCUT2D eigenvalue weighted by atomic mass is 16.2. The summed E-state index contributed by atoms with van der Waals surface area (Å²) in [6, 6.07) is 8.09. The Kier molecular flexibility index (Phi) is 4.57. The molecule has 2 aromatic rings. The minimum absolute atomic E-state index is 0.0740. The van der Waals surface area contributed by atoms with Gasteiger partial charge in [-0.3, -0.25) is 4.68 Å². The quantitative estimate of drug-likeness (QED) is 0.798. The molecule has 20 heavy (non-hydrogen) atoms. The molecule has 0 aliphatic heterocycles. The van der Waals surface area contributed by atoms with Gasteiger partial charge in [-0.05, 0) is 6.07 Å². The summed E-state index contributed by atoms with van der Waals surface area (Å²) in [5.41, 5.74) is 2.16. The molecule has 0 atom stereocenters. The summed E-state index contributed by atoms with van der Waals surface area (Å²) in [6.45, 7) is 2.01. The van der Waals surface area contributed by atoms with E-state index < -0.39 is 0 Å². The van der Waals surface area contributed by atoms with E-state index in [1.165, 1.54) is 10.3 Å². The Morgan fingerprint density at radius 1 is 1.30 bits per heavy atom. The van der Waals surface area contributed by atoms with Gasteiger partial charge in [0, 0.05) is 46.2 Å². The first-order valence-electron chi connectivity index (χ1n) is 6.66. The second kappa shape index (κ2) is 6.38. The van der Waals surface area contributed by atoms with Crippen molar-refractivity contribution >= 4 is 16.9 Å².